The Morgan fingerprint density at radius 1 is 1.38 bits per heavy atom. The van der Waals surface area contributed by atoms with E-state index in [1.807, 2.05) is 0 Å². The van der Waals surface area contributed by atoms with E-state index in [1.165, 1.54) is 35.0 Å². The van der Waals surface area contributed by atoms with Gasteiger partial charge in [-0.25, -0.2) is 0 Å². The maximum absolute atomic E-state index is 5.92. The topological polar surface area (TPSA) is 24.5 Å². The minimum Gasteiger partial charge on any atom is -0.374 e. The molecule has 2 aliphatic rings. The molecule has 0 amide bonds. The highest BCUT2D eigenvalue weighted by molar-refractivity contribution is 9.10. The van der Waals surface area contributed by atoms with Gasteiger partial charge in [0, 0.05) is 23.6 Å². The van der Waals surface area contributed by atoms with Crippen molar-refractivity contribution < 1.29 is 4.74 Å². The van der Waals surface area contributed by atoms with Crippen molar-refractivity contribution in [1.82, 2.24) is 5.32 Å². The van der Waals surface area contributed by atoms with E-state index in [-0.39, 0.29) is 0 Å². The van der Waals surface area contributed by atoms with E-state index in [0.29, 0.717) is 18.2 Å². The first kappa shape index (κ1) is 15.3. The van der Waals surface area contributed by atoms with Gasteiger partial charge in [0.15, 0.2) is 0 Å². The van der Waals surface area contributed by atoms with Gasteiger partial charge < -0.3 is 15.0 Å². The molecule has 1 aliphatic carbocycles. The zero-order chi connectivity index (χ0) is 14.8. The summed E-state index contributed by atoms with van der Waals surface area (Å²) in [7, 11) is 0. The maximum Gasteiger partial charge on any atom is 0.0779 e. The summed E-state index contributed by atoms with van der Waals surface area (Å²) in [5, 5.41) is 3.47. The lowest BCUT2D eigenvalue weighted by Gasteiger charge is -2.40. The number of ether oxygens (including phenoxy) is 1. The van der Waals surface area contributed by atoms with Gasteiger partial charge in [-0.2, -0.15) is 0 Å². The summed E-state index contributed by atoms with van der Waals surface area (Å²) in [5.74, 6) is 0. The van der Waals surface area contributed by atoms with Crippen LogP contribution in [0.2, 0.25) is 0 Å². The van der Waals surface area contributed by atoms with Crippen LogP contribution in [0.15, 0.2) is 22.7 Å². The van der Waals surface area contributed by atoms with Crippen molar-refractivity contribution in [2.75, 3.05) is 18.1 Å². The Labute approximate surface area is 136 Å². The molecule has 1 saturated carbocycles. The van der Waals surface area contributed by atoms with E-state index in [9.17, 15) is 0 Å². The molecular formula is C17H25BrN2O. The average Bonchev–Trinajstić information content (AvgIpc) is 2.94. The van der Waals surface area contributed by atoms with Gasteiger partial charge in [0.05, 0.1) is 24.4 Å². The molecular weight excluding hydrogens is 328 g/mol. The van der Waals surface area contributed by atoms with Crippen molar-refractivity contribution in [2.24, 2.45) is 0 Å². The van der Waals surface area contributed by atoms with Gasteiger partial charge >= 0.3 is 0 Å². The average molecular weight is 353 g/mol. The second-order valence-electron chi connectivity index (χ2n) is 6.42. The number of nitrogens with one attached hydrogen (secondary N) is 1. The van der Waals surface area contributed by atoms with Gasteiger partial charge in [-0.15, -0.1) is 0 Å². The number of anilines is 1. The van der Waals surface area contributed by atoms with Crippen molar-refractivity contribution >= 4 is 21.6 Å². The van der Waals surface area contributed by atoms with Crippen LogP contribution in [0.4, 0.5) is 5.69 Å². The van der Waals surface area contributed by atoms with Crippen LogP contribution in [0, 0.1) is 0 Å². The van der Waals surface area contributed by atoms with Crippen LogP contribution >= 0.6 is 15.9 Å². The molecule has 1 heterocycles. The van der Waals surface area contributed by atoms with Crippen LogP contribution in [-0.2, 0) is 11.3 Å². The fraction of sp³-hybridized carbons (Fsp3) is 0.647. The lowest BCUT2D eigenvalue weighted by atomic mass is 10.1. The third-order valence-electron chi connectivity index (χ3n) is 4.52. The van der Waals surface area contributed by atoms with Gasteiger partial charge in [0.25, 0.3) is 0 Å². The Kier molecular flexibility index (Phi) is 4.87. The van der Waals surface area contributed by atoms with E-state index in [0.717, 1.165) is 19.7 Å². The smallest absolute Gasteiger partial charge is 0.0779 e. The molecule has 1 saturated heterocycles. The van der Waals surface area contributed by atoms with Gasteiger partial charge in [-0.1, -0.05) is 19.9 Å². The molecule has 116 valence electrons. The van der Waals surface area contributed by atoms with Gasteiger partial charge in [-0.3, -0.25) is 0 Å². The molecule has 2 unspecified atom stereocenters. The summed E-state index contributed by atoms with van der Waals surface area (Å²) in [4.78, 5) is 2.55. The summed E-state index contributed by atoms with van der Waals surface area (Å²) >= 11 is 3.78. The predicted molar refractivity (Wildman–Crippen MR) is 90.8 cm³/mol. The van der Waals surface area contributed by atoms with Crippen LogP contribution in [-0.4, -0.2) is 31.3 Å². The lowest BCUT2D eigenvalue weighted by Crippen LogP contribution is -2.48. The highest BCUT2D eigenvalue weighted by atomic mass is 79.9. The highest BCUT2D eigenvalue weighted by Crippen LogP contribution is 2.36. The van der Waals surface area contributed by atoms with E-state index < -0.39 is 0 Å². The molecule has 1 aromatic rings. The molecule has 2 atom stereocenters. The Morgan fingerprint density at radius 2 is 2.24 bits per heavy atom. The molecule has 0 bridgehead atoms. The number of nitrogens with zero attached hydrogens (tertiary/aromatic N) is 1. The van der Waals surface area contributed by atoms with Crippen molar-refractivity contribution in [2.45, 2.75) is 57.8 Å². The van der Waals surface area contributed by atoms with Crippen LogP contribution in [0.1, 0.15) is 38.7 Å². The zero-order valence-electron chi connectivity index (χ0n) is 12.9. The first-order valence-electron chi connectivity index (χ1n) is 8.05. The Hall–Kier alpha value is -0.580. The molecule has 1 aromatic carbocycles. The molecule has 21 heavy (non-hydrogen) atoms. The first-order chi connectivity index (χ1) is 10.1. The lowest BCUT2D eigenvalue weighted by molar-refractivity contribution is 0.0256. The summed E-state index contributed by atoms with van der Waals surface area (Å²) < 4.78 is 7.12. The van der Waals surface area contributed by atoms with Gasteiger partial charge in [0.2, 0.25) is 0 Å². The number of halogens is 1. The normalized spacial score (nSPS) is 25.4. The molecule has 2 fully saturated rings. The SMILES string of the molecule is CC(C)NCc1ccc(N2CCOC3CCCC32)c(Br)c1. The second-order valence-corrected chi connectivity index (χ2v) is 7.28. The van der Waals surface area contributed by atoms with Crippen LogP contribution < -0.4 is 10.2 Å². The third kappa shape index (κ3) is 3.43. The van der Waals surface area contributed by atoms with Crippen LogP contribution in [0.5, 0.6) is 0 Å². The van der Waals surface area contributed by atoms with Crippen molar-refractivity contribution in [1.29, 1.82) is 0 Å². The number of benzene rings is 1. The number of rotatable bonds is 4. The summed E-state index contributed by atoms with van der Waals surface area (Å²) in [6.45, 7) is 7.13. The second kappa shape index (κ2) is 6.67. The zero-order valence-corrected chi connectivity index (χ0v) is 14.5. The molecule has 4 heteroatoms. The Balaban J connectivity index is 1.75. The van der Waals surface area contributed by atoms with Crippen molar-refractivity contribution in [3.63, 3.8) is 0 Å². The Morgan fingerprint density at radius 3 is 3.00 bits per heavy atom. The molecule has 3 rings (SSSR count). The molecule has 0 aromatic heterocycles. The van der Waals surface area contributed by atoms with Crippen molar-refractivity contribution in [3.05, 3.63) is 28.2 Å². The van der Waals surface area contributed by atoms with Crippen molar-refractivity contribution in [3.8, 4) is 0 Å². The Bertz CT molecular complexity index is 492. The maximum atomic E-state index is 5.92. The number of morpholine rings is 1. The highest BCUT2D eigenvalue weighted by Gasteiger charge is 2.36. The molecule has 0 spiro atoms. The predicted octanol–water partition coefficient (Wildman–Crippen LogP) is 3.70. The molecule has 1 N–H and O–H groups in total. The van der Waals surface area contributed by atoms with Gasteiger partial charge in [-0.05, 0) is 52.9 Å². The van der Waals surface area contributed by atoms with Crippen LogP contribution in [0.3, 0.4) is 0 Å². The van der Waals surface area contributed by atoms with E-state index >= 15 is 0 Å². The monoisotopic (exact) mass is 352 g/mol. The standard InChI is InChI=1S/C17H25BrN2O/c1-12(2)19-11-13-6-7-15(14(18)10-13)20-8-9-21-17-5-3-4-16(17)20/h6-7,10,12,16-17,19H,3-5,8-9,11H2,1-2H3. The van der Waals surface area contributed by atoms with E-state index in [4.69, 9.17) is 4.74 Å². The summed E-state index contributed by atoms with van der Waals surface area (Å²) in [6.07, 6.45) is 4.20. The number of hydrogen-bond donors (Lipinski definition) is 1. The van der Waals surface area contributed by atoms with Crippen LogP contribution in [0.25, 0.3) is 0 Å². The minimum atomic E-state index is 0.438. The van der Waals surface area contributed by atoms with E-state index in [1.54, 1.807) is 0 Å². The molecule has 3 nitrogen and oxygen atoms in total. The number of fused-ring (bicyclic) bond motifs is 1. The number of hydrogen-bond acceptors (Lipinski definition) is 3. The largest absolute Gasteiger partial charge is 0.374 e. The fourth-order valence-corrected chi connectivity index (χ4v) is 4.09. The third-order valence-corrected chi connectivity index (χ3v) is 5.15. The summed E-state index contributed by atoms with van der Waals surface area (Å²) in [5.41, 5.74) is 2.65. The molecule has 1 aliphatic heterocycles. The molecule has 0 radical (unpaired) electrons. The minimum absolute atomic E-state index is 0.438. The van der Waals surface area contributed by atoms with E-state index in [2.05, 4.69) is 58.2 Å². The quantitative estimate of drug-likeness (QED) is 0.893. The van der Waals surface area contributed by atoms with Gasteiger partial charge in [0.1, 0.15) is 0 Å². The summed E-state index contributed by atoms with van der Waals surface area (Å²) in [6, 6.07) is 7.85. The first-order valence-corrected chi connectivity index (χ1v) is 8.84. The fourth-order valence-electron chi connectivity index (χ4n) is 3.44.